The van der Waals surface area contributed by atoms with Gasteiger partial charge in [0.2, 0.25) is 6.33 Å². The average Bonchev–Trinajstić information content (AvgIpc) is 3.17. The van der Waals surface area contributed by atoms with Crippen LogP contribution in [0.2, 0.25) is 0 Å². The number of ether oxygens (including phenoxy) is 3. The maximum absolute atomic E-state index is 12.3. The minimum atomic E-state index is -0.667. The maximum atomic E-state index is 12.3. The van der Waals surface area contributed by atoms with Crippen LogP contribution in [0.4, 0.5) is 0 Å². The number of H-pyrrole nitrogens is 1. The highest BCUT2D eigenvalue weighted by Crippen LogP contribution is 2.42. The molecule has 1 saturated heterocycles. The van der Waals surface area contributed by atoms with Crippen LogP contribution < -0.4 is 4.57 Å². The molecule has 3 atom stereocenters. The molecule has 1 aromatic rings. The van der Waals surface area contributed by atoms with Crippen LogP contribution in [0.5, 0.6) is 0 Å². The molecule has 24 heavy (non-hydrogen) atoms. The molecule has 128 valence electrons. The molecule has 1 unspecified atom stereocenters. The lowest BCUT2D eigenvalue weighted by molar-refractivity contribution is -0.719. The molecule has 0 radical (unpaired) electrons. The number of hydrogen-bond acceptors (Lipinski definition) is 5. The second-order valence-corrected chi connectivity index (χ2v) is 6.44. The minimum absolute atomic E-state index is 0.103. The number of methoxy groups -OCH3 is 1. The van der Waals surface area contributed by atoms with E-state index in [-0.39, 0.29) is 24.7 Å². The fourth-order valence-electron chi connectivity index (χ4n) is 3.50. The number of rotatable bonds is 4. The predicted octanol–water partition coefficient (Wildman–Crippen LogP) is 1.57. The van der Waals surface area contributed by atoms with Crippen molar-refractivity contribution in [1.29, 1.82) is 5.26 Å². The third-order valence-electron chi connectivity index (χ3n) is 4.50. The molecule has 0 spiro atoms. The summed E-state index contributed by atoms with van der Waals surface area (Å²) in [7, 11) is 1.33. The fraction of sp³-hybridized carbons (Fsp3) is 0.588. The number of nitriles is 1. The number of carbonyl (C=O) groups is 1. The van der Waals surface area contributed by atoms with Crippen molar-refractivity contribution in [3.8, 4) is 6.07 Å². The molecule has 0 saturated carbocycles. The van der Waals surface area contributed by atoms with Crippen molar-refractivity contribution in [2.75, 3.05) is 7.11 Å². The molecular weight excluding hydrogens is 310 g/mol. The van der Waals surface area contributed by atoms with Gasteiger partial charge in [-0.25, -0.2) is 14.3 Å². The molecule has 2 heterocycles. The molecule has 1 aliphatic carbocycles. The van der Waals surface area contributed by atoms with E-state index in [0.29, 0.717) is 11.4 Å². The highest BCUT2D eigenvalue weighted by Gasteiger charge is 2.52. The number of hydrogen-bond donors (Lipinski definition) is 1. The van der Waals surface area contributed by atoms with E-state index < -0.39 is 11.8 Å². The van der Waals surface area contributed by atoms with Crippen LogP contribution in [0, 0.1) is 11.3 Å². The van der Waals surface area contributed by atoms with Gasteiger partial charge in [0.15, 0.2) is 11.5 Å². The quantitative estimate of drug-likeness (QED) is 0.514. The molecule has 0 bridgehead atoms. The van der Waals surface area contributed by atoms with Gasteiger partial charge in [0.05, 0.1) is 13.2 Å². The van der Waals surface area contributed by atoms with Gasteiger partial charge in [-0.15, -0.1) is 0 Å². The van der Waals surface area contributed by atoms with Gasteiger partial charge in [-0.1, -0.05) is 6.92 Å². The Morgan fingerprint density at radius 3 is 2.88 bits per heavy atom. The number of nitrogens with zero attached hydrogens (tertiary/aromatic N) is 2. The highest BCUT2D eigenvalue weighted by molar-refractivity contribution is 5.86. The third-order valence-corrected chi connectivity index (χ3v) is 4.50. The first-order valence-electron chi connectivity index (χ1n) is 8.04. The normalized spacial score (nSPS) is 27.5. The number of nitrogens with one attached hydrogen (secondary N) is 1. The Morgan fingerprint density at radius 2 is 2.25 bits per heavy atom. The van der Waals surface area contributed by atoms with Gasteiger partial charge < -0.3 is 14.2 Å². The van der Waals surface area contributed by atoms with Gasteiger partial charge in [-0.05, 0) is 31.9 Å². The van der Waals surface area contributed by atoms with Crippen LogP contribution in [0.15, 0.2) is 18.0 Å². The Balaban J connectivity index is 2.04. The minimum Gasteiger partial charge on any atom is -0.463 e. The summed E-state index contributed by atoms with van der Waals surface area (Å²) in [6, 6.07) is 1.87. The SMILES string of the molecule is CCC1=C[C@@H]([n+]2c[nH]c(CC#N)c2C(=O)OC)C2OC(C)(C)O[C@@H]12. The van der Waals surface area contributed by atoms with Gasteiger partial charge >= 0.3 is 5.97 Å². The maximum Gasteiger partial charge on any atom is 0.382 e. The van der Waals surface area contributed by atoms with Gasteiger partial charge in [-0.2, -0.15) is 5.26 Å². The third kappa shape index (κ3) is 2.62. The Morgan fingerprint density at radius 1 is 1.50 bits per heavy atom. The lowest BCUT2D eigenvalue weighted by atomic mass is 10.1. The fourth-order valence-corrected chi connectivity index (χ4v) is 3.50. The van der Waals surface area contributed by atoms with Crippen LogP contribution >= 0.6 is 0 Å². The molecule has 7 heteroatoms. The van der Waals surface area contributed by atoms with Crippen LogP contribution in [-0.4, -0.2) is 36.1 Å². The molecule has 1 aromatic heterocycles. The summed E-state index contributed by atoms with van der Waals surface area (Å²) in [5.74, 6) is -1.14. The van der Waals surface area contributed by atoms with E-state index >= 15 is 0 Å². The standard InChI is InChI=1S/C17H21N3O4/c1-5-10-8-12(15-14(10)23-17(2,3)24-15)20-9-19-11(6-7-18)13(20)16(21)22-4/h8-9,12,14-15H,5-6H2,1-4H3/p+1/t12-,14+,15?/m1/s1. The van der Waals surface area contributed by atoms with Gasteiger partial charge in [-0.3, -0.25) is 0 Å². The van der Waals surface area contributed by atoms with Crippen LogP contribution in [0.25, 0.3) is 0 Å². The summed E-state index contributed by atoms with van der Waals surface area (Å²) in [6.45, 7) is 5.85. The van der Waals surface area contributed by atoms with Crippen molar-refractivity contribution in [3.05, 3.63) is 29.4 Å². The topological polar surface area (TPSA) is 88.2 Å². The van der Waals surface area contributed by atoms with Crippen molar-refractivity contribution in [1.82, 2.24) is 4.98 Å². The summed E-state index contributed by atoms with van der Waals surface area (Å²) >= 11 is 0. The number of aromatic amines is 1. The van der Waals surface area contributed by atoms with Crippen LogP contribution in [-0.2, 0) is 20.6 Å². The van der Waals surface area contributed by atoms with Crippen molar-refractivity contribution in [2.24, 2.45) is 0 Å². The van der Waals surface area contributed by atoms with Gasteiger partial charge in [0.1, 0.15) is 24.7 Å². The van der Waals surface area contributed by atoms with Crippen molar-refractivity contribution in [2.45, 2.75) is 57.6 Å². The summed E-state index contributed by atoms with van der Waals surface area (Å²) in [5.41, 5.74) is 2.05. The Labute approximate surface area is 140 Å². The molecule has 7 nitrogen and oxygen atoms in total. The Kier molecular flexibility index (Phi) is 4.20. The molecule has 2 aliphatic rings. The van der Waals surface area contributed by atoms with Crippen LogP contribution in [0.3, 0.4) is 0 Å². The second kappa shape index (κ2) is 6.04. The van der Waals surface area contributed by atoms with Gasteiger partial charge in [0, 0.05) is 0 Å². The van der Waals surface area contributed by atoms with E-state index in [1.54, 1.807) is 10.9 Å². The van der Waals surface area contributed by atoms with E-state index in [1.807, 2.05) is 13.8 Å². The van der Waals surface area contributed by atoms with E-state index in [2.05, 4.69) is 24.1 Å². The largest absolute Gasteiger partial charge is 0.463 e. The summed E-state index contributed by atoms with van der Waals surface area (Å²) in [4.78, 5) is 15.3. The predicted molar refractivity (Wildman–Crippen MR) is 82.9 cm³/mol. The molecule has 1 fully saturated rings. The first kappa shape index (κ1) is 16.7. The number of aromatic nitrogens is 2. The first-order valence-corrected chi connectivity index (χ1v) is 8.04. The first-order chi connectivity index (χ1) is 11.4. The number of esters is 1. The lowest BCUT2D eigenvalue weighted by Crippen LogP contribution is -2.48. The molecule has 1 aliphatic heterocycles. The Bertz CT molecular complexity index is 729. The summed E-state index contributed by atoms with van der Waals surface area (Å²) < 4.78 is 18.8. The van der Waals surface area contributed by atoms with E-state index in [9.17, 15) is 4.79 Å². The molecular formula is C17H22N3O4+. The number of fused-ring (bicyclic) bond motifs is 1. The average molecular weight is 332 g/mol. The zero-order valence-electron chi connectivity index (χ0n) is 14.3. The molecule has 0 aromatic carbocycles. The van der Waals surface area contributed by atoms with Crippen molar-refractivity contribution >= 4 is 5.97 Å². The molecule has 1 N–H and O–H groups in total. The Hall–Kier alpha value is -2.17. The van der Waals surface area contributed by atoms with E-state index in [0.717, 1.165) is 12.0 Å². The zero-order chi connectivity index (χ0) is 17.5. The molecule has 3 rings (SSSR count). The summed E-state index contributed by atoms with van der Waals surface area (Å²) in [6.07, 6.45) is 4.40. The van der Waals surface area contributed by atoms with Crippen molar-refractivity contribution < 1.29 is 23.6 Å². The van der Waals surface area contributed by atoms with Crippen LogP contribution in [0.1, 0.15) is 49.4 Å². The molecule has 0 amide bonds. The second-order valence-electron chi connectivity index (χ2n) is 6.44. The monoisotopic (exact) mass is 332 g/mol. The van der Waals surface area contributed by atoms with E-state index in [4.69, 9.17) is 19.5 Å². The highest BCUT2D eigenvalue weighted by atomic mass is 16.8. The summed E-state index contributed by atoms with van der Waals surface area (Å²) in [5, 5.41) is 8.98. The zero-order valence-corrected chi connectivity index (χ0v) is 14.3. The smallest absolute Gasteiger partial charge is 0.382 e. The van der Waals surface area contributed by atoms with Gasteiger partial charge in [0.25, 0.3) is 5.69 Å². The van der Waals surface area contributed by atoms with E-state index in [1.165, 1.54) is 7.11 Å². The number of carbonyl (C=O) groups excluding carboxylic acids is 1. The number of imidazole rings is 1. The lowest BCUT2D eigenvalue weighted by Gasteiger charge is -2.20. The van der Waals surface area contributed by atoms with Crippen molar-refractivity contribution in [3.63, 3.8) is 0 Å².